The summed E-state index contributed by atoms with van der Waals surface area (Å²) in [5.41, 5.74) is 3.11. The zero-order valence-electron chi connectivity index (χ0n) is 16.8. The van der Waals surface area contributed by atoms with Gasteiger partial charge in [0, 0.05) is 5.56 Å². The third kappa shape index (κ3) is 4.00. The van der Waals surface area contributed by atoms with Gasteiger partial charge in [0.1, 0.15) is 11.5 Å². The molecule has 5 nitrogen and oxygen atoms in total. The van der Waals surface area contributed by atoms with Crippen LogP contribution in [0, 0.1) is 13.8 Å². The Morgan fingerprint density at radius 2 is 1.53 bits per heavy atom. The molecule has 0 aliphatic carbocycles. The lowest BCUT2D eigenvalue weighted by Crippen LogP contribution is -2.31. The van der Waals surface area contributed by atoms with E-state index in [0.29, 0.717) is 23.0 Å². The maximum atomic E-state index is 13.4. The minimum Gasteiger partial charge on any atom is -0.441 e. The highest BCUT2D eigenvalue weighted by Gasteiger charge is 2.27. The summed E-state index contributed by atoms with van der Waals surface area (Å²) in [6.07, 6.45) is 0. The molecular weight excluding hydrogens is 396 g/mol. The molecule has 3 aromatic carbocycles. The maximum absolute atomic E-state index is 13.4. The number of oxazole rings is 1. The molecule has 152 valence electrons. The van der Waals surface area contributed by atoms with Crippen molar-refractivity contribution in [2.75, 3.05) is 4.31 Å². The molecule has 4 aromatic rings. The van der Waals surface area contributed by atoms with E-state index in [1.807, 2.05) is 49.4 Å². The van der Waals surface area contributed by atoms with E-state index >= 15 is 0 Å². The molecule has 0 aliphatic heterocycles. The predicted molar refractivity (Wildman–Crippen MR) is 118 cm³/mol. The summed E-state index contributed by atoms with van der Waals surface area (Å²) in [6.45, 7) is 3.88. The van der Waals surface area contributed by atoms with Gasteiger partial charge in [0.2, 0.25) is 5.89 Å². The zero-order valence-corrected chi connectivity index (χ0v) is 17.6. The molecule has 0 amide bonds. The highest BCUT2D eigenvalue weighted by molar-refractivity contribution is 7.92. The lowest BCUT2D eigenvalue weighted by molar-refractivity contribution is 0.539. The van der Waals surface area contributed by atoms with Crippen molar-refractivity contribution in [3.05, 3.63) is 102 Å². The standard InChI is InChI=1S/C24H22N2O3S/c1-18-10-9-11-20(16-18)24-25-23(19(2)29-24)17-26(21-12-5-3-6-13-21)30(27,28)22-14-7-4-8-15-22/h3-16H,17H2,1-2H3. The van der Waals surface area contributed by atoms with Crippen molar-refractivity contribution >= 4 is 15.7 Å². The first-order chi connectivity index (χ1) is 14.4. The Morgan fingerprint density at radius 1 is 0.867 bits per heavy atom. The van der Waals surface area contributed by atoms with E-state index in [1.165, 1.54) is 4.31 Å². The third-order valence-corrected chi connectivity index (χ3v) is 6.61. The maximum Gasteiger partial charge on any atom is 0.264 e. The molecule has 0 N–H and O–H groups in total. The Kier molecular flexibility index (Phi) is 5.42. The number of para-hydroxylation sites is 1. The van der Waals surface area contributed by atoms with Crippen molar-refractivity contribution in [3.63, 3.8) is 0 Å². The Labute approximate surface area is 176 Å². The first-order valence-corrected chi connectivity index (χ1v) is 11.1. The lowest BCUT2D eigenvalue weighted by Gasteiger charge is -2.24. The van der Waals surface area contributed by atoms with Gasteiger partial charge in [-0.1, -0.05) is 54.1 Å². The zero-order chi connectivity index (χ0) is 21.1. The molecule has 0 unspecified atom stereocenters. The lowest BCUT2D eigenvalue weighted by atomic mass is 10.1. The van der Waals surface area contributed by atoms with Crippen LogP contribution in [0.3, 0.4) is 0 Å². The smallest absolute Gasteiger partial charge is 0.264 e. The van der Waals surface area contributed by atoms with E-state index in [2.05, 4.69) is 4.98 Å². The molecule has 0 aliphatic rings. The number of aromatic nitrogens is 1. The summed E-state index contributed by atoms with van der Waals surface area (Å²) in [7, 11) is -3.78. The van der Waals surface area contributed by atoms with Crippen molar-refractivity contribution in [1.82, 2.24) is 4.98 Å². The molecule has 0 atom stereocenters. The normalized spacial score (nSPS) is 11.4. The quantitative estimate of drug-likeness (QED) is 0.423. The fourth-order valence-electron chi connectivity index (χ4n) is 3.24. The second kappa shape index (κ2) is 8.16. The van der Waals surface area contributed by atoms with Gasteiger partial charge in [-0.05, 0) is 50.2 Å². The number of nitrogens with zero attached hydrogens (tertiary/aromatic N) is 2. The Morgan fingerprint density at radius 3 is 2.20 bits per heavy atom. The van der Waals surface area contributed by atoms with Crippen molar-refractivity contribution in [1.29, 1.82) is 0 Å². The minimum absolute atomic E-state index is 0.0718. The summed E-state index contributed by atoms with van der Waals surface area (Å²) in [6, 6.07) is 25.3. The molecule has 30 heavy (non-hydrogen) atoms. The second-order valence-electron chi connectivity index (χ2n) is 7.05. The van der Waals surface area contributed by atoms with E-state index < -0.39 is 10.0 Å². The van der Waals surface area contributed by atoms with Crippen molar-refractivity contribution < 1.29 is 12.8 Å². The van der Waals surface area contributed by atoms with Gasteiger partial charge in [0.05, 0.1) is 17.1 Å². The first-order valence-electron chi connectivity index (χ1n) is 9.61. The van der Waals surface area contributed by atoms with E-state index in [-0.39, 0.29) is 11.4 Å². The van der Waals surface area contributed by atoms with Crippen LogP contribution < -0.4 is 4.31 Å². The Bertz CT molecular complexity index is 1250. The molecule has 1 heterocycles. The molecule has 6 heteroatoms. The molecule has 0 saturated carbocycles. The monoisotopic (exact) mass is 418 g/mol. The van der Waals surface area contributed by atoms with Crippen LogP contribution >= 0.6 is 0 Å². The average Bonchev–Trinajstić information content (AvgIpc) is 3.13. The Balaban J connectivity index is 1.75. The van der Waals surface area contributed by atoms with Crippen LogP contribution in [0.2, 0.25) is 0 Å². The number of aryl methyl sites for hydroxylation is 2. The summed E-state index contributed by atoms with van der Waals surface area (Å²) < 4.78 is 34.1. The molecule has 0 fully saturated rings. The topological polar surface area (TPSA) is 63.4 Å². The summed E-state index contributed by atoms with van der Waals surface area (Å²) >= 11 is 0. The molecule has 0 saturated heterocycles. The van der Waals surface area contributed by atoms with Crippen molar-refractivity contribution in [3.8, 4) is 11.5 Å². The van der Waals surface area contributed by atoms with Crippen molar-refractivity contribution in [2.45, 2.75) is 25.3 Å². The van der Waals surface area contributed by atoms with E-state index in [4.69, 9.17) is 4.42 Å². The van der Waals surface area contributed by atoms with Crippen LogP contribution in [-0.2, 0) is 16.6 Å². The SMILES string of the molecule is Cc1cccc(-c2nc(CN(c3ccccc3)S(=O)(=O)c3ccccc3)c(C)o2)c1. The molecular formula is C24H22N2O3S. The summed E-state index contributed by atoms with van der Waals surface area (Å²) in [5.74, 6) is 1.08. The van der Waals surface area contributed by atoms with E-state index in [9.17, 15) is 8.42 Å². The average molecular weight is 419 g/mol. The second-order valence-corrected chi connectivity index (χ2v) is 8.91. The number of anilines is 1. The van der Waals surface area contributed by atoms with E-state index in [0.717, 1.165) is 11.1 Å². The highest BCUT2D eigenvalue weighted by Crippen LogP contribution is 2.28. The number of hydrogen-bond donors (Lipinski definition) is 0. The number of benzene rings is 3. The number of sulfonamides is 1. The van der Waals surface area contributed by atoms with Crippen molar-refractivity contribution in [2.24, 2.45) is 0 Å². The highest BCUT2D eigenvalue weighted by atomic mass is 32.2. The van der Waals surface area contributed by atoms with Gasteiger partial charge in [0.15, 0.2) is 0 Å². The summed E-state index contributed by atoms with van der Waals surface area (Å²) in [4.78, 5) is 4.85. The van der Waals surface area contributed by atoms with Gasteiger partial charge in [-0.15, -0.1) is 0 Å². The Hall–Kier alpha value is -3.38. The fraction of sp³-hybridized carbons (Fsp3) is 0.125. The van der Waals surface area contributed by atoms with Gasteiger partial charge < -0.3 is 4.42 Å². The van der Waals surface area contributed by atoms with Crippen LogP contribution in [-0.4, -0.2) is 13.4 Å². The molecule has 1 aromatic heterocycles. The predicted octanol–water partition coefficient (Wildman–Crippen LogP) is 5.35. The largest absolute Gasteiger partial charge is 0.441 e. The van der Waals surface area contributed by atoms with Gasteiger partial charge in [-0.3, -0.25) is 4.31 Å². The fourth-order valence-corrected chi connectivity index (χ4v) is 4.69. The number of rotatable bonds is 6. The molecule has 0 spiro atoms. The van der Waals surface area contributed by atoms with E-state index in [1.54, 1.807) is 49.4 Å². The van der Waals surface area contributed by atoms with Gasteiger partial charge >= 0.3 is 0 Å². The molecule has 4 rings (SSSR count). The van der Waals surface area contributed by atoms with Gasteiger partial charge in [-0.2, -0.15) is 0 Å². The molecule has 0 bridgehead atoms. The van der Waals surface area contributed by atoms with Gasteiger partial charge in [-0.25, -0.2) is 13.4 Å². The van der Waals surface area contributed by atoms with Crippen LogP contribution in [0.1, 0.15) is 17.0 Å². The third-order valence-electron chi connectivity index (χ3n) is 4.83. The van der Waals surface area contributed by atoms with Crippen LogP contribution in [0.5, 0.6) is 0 Å². The first kappa shape index (κ1) is 19.9. The van der Waals surface area contributed by atoms with Crippen LogP contribution in [0.25, 0.3) is 11.5 Å². The van der Waals surface area contributed by atoms with Gasteiger partial charge in [0.25, 0.3) is 10.0 Å². The van der Waals surface area contributed by atoms with Crippen LogP contribution in [0.4, 0.5) is 5.69 Å². The summed E-state index contributed by atoms with van der Waals surface area (Å²) in [5, 5.41) is 0. The van der Waals surface area contributed by atoms with Crippen LogP contribution in [0.15, 0.2) is 94.2 Å². The minimum atomic E-state index is -3.78. The molecule has 0 radical (unpaired) electrons. The number of hydrogen-bond acceptors (Lipinski definition) is 4.